The first-order valence-electron chi connectivity index (χ1n) is 10.4. The zero-order valence-corrected chi connectivity index (χ0v) is 17.1. The number of phenols is 2. The molecule has 1 aromatic heterocycles. The predicted molar refractivity (Wildman–Crippen MR) is 118 cm³/mol. The quantitative estimate of drug-likeness (QED) is 0.473. The van der Waals surface area contributed by atoms with Crippen LogP contribution in [0.15, 0.2) is 54.7 Å². The summed E-state index contributed by atoms with van der Waals surface area (Å²) in [6.07, 6.45) is 1.85. The Bertz CT molecular complexity index is 1170. The lowest BCUT2D eigenvalue weighted by Gasteiger charge is -2.26. The number of H-pyrrole nitrogens is 1. The first-order valence-corrected chi connectivity index (χ1v) is 10.4. The summed E-state index contributed by atoms with van der Waals surface area (Å²) in [6, 6.07) is 12.7. The van der Waals surface area contributed by atoms with Gasteiger partial charge in [0.15, 0.2) is 11.5 Å². The van der Waals surface area contributed by atoms with Crippen molar-refractivity contribution in [3.8, 4) is 11.5 Å². The van der Waals surface area contributed by atoms with E-state index in [4.69, 9.17) is 4.74 Å². The van der Waals surface area contributed by atoms with Crippen LogP contribution in [0.5, 0.6) is 11.5 Å². The smallest absolute Gasteiger partial charge is 0.270 e. The molecule has 1 aliphatic carbocycles. The number of ether oxygens (including phenoxy) is 1. The zero-order chi connectivity index (χ0) is 21.6. The fourth-order valence-corrected chi connectivity index (χ4v) is 4.27. The van der Waals surface area contributed by atoms with Gasteiger partial charge in [-0.2, -0.15) is 0 Å². The fourth-order valence-electron chi connectivity index (χ4n) is 4.27. The molecule has 2 heterocycles. The van der Waals surface area contributed by atoms with Gasteiger partial charge in [0.25, 0.3) is 5.91 Å². The summed E-state index contributed by atoms with van der Waals surface area (Å²) in [6.45, 7) is 6.61. The summed E-state index contributed by atoms with van der Waals surface area (Å²) in [4.78, 5) is 17.8. The van der Waals surface area contributed by atoms with Crippen LogP contribution in [0.2, 0.25) is 0 Å². The van der Waals surface area contributed by atoms with Gasteiger partial charge in [-0.05, 0) is 54.8 Å². The van der Waals surface area contributed by atoms with Crippen molar-refractivity contribution >= 4 is 22.5 Å². The van der Waals surface area contributed by atoms with Gasteiger partial charge in [0, 0.05) is 40.8 Å². The number of aromatic nitrogens is 1. The number of morpholine rings is 1. The summed E-state index contributed by atoms with van der Waals surface area (Å²) < 4.78 is 5.33. The number of hydrogen-bond acceptors (Lipinski definition) is 5. The highest BCUT2D eigenvalue weighted by Gasteiger charge is 2.47. The fraction of sp³-hybridized carbons (Fsp3) is 0.292. The van der Waals surface area contributed by atoms with Gasteiger partial charge >= 0.3 is 0 Å². The monoisotopic (exact) mass is 419 g/mol. The number of nitrogens with one attached hydrogen (secondary N) is 2. The number of fused-ring (bicyclic) bond motifs is 1. The minimum atomic E-state index is -0.254. The molecule has 0 atom stereocenters. The van der Waals surface area contributed by atoms with E-state index < -0.39 is 0 Å². The molecule has 3 aromatic rings. The predicted octanol–water partition coefficient (Wildman–Crippen LogP) is 3.71. The number of carbonyl (C=O) groups is 1. The van der Waals surface area contributed by atoms with Crippen molar-refractivity contribution in [1.82, 2.24) is 9.88 Å². The van der Waals surface area contributed by atoms with Crippen molar-refractivity contribution in [1.29, 1.82) is 0 Å². The summed E-state index contributed by atoms with van der Waals surface area (Å²) in [5, 5.41) is 23.8. The Morgan fingerprint density at radius 3 is 2.55 bits per heavy atom. The van der Waals surface area contributed by atoms with Crippen molar-refractivity contribution in [3.05, 3.63) is 66.0 Å². The minimum Gasteiger partial charge on any atom is -0.504 e. The van der Waals surface area contributed by atoms with Crippen molar-refractivity contribution in [3.63, 3.8) is 0 Å². The van der Waals surface area contributed by atoms with E-state index in [0.29, 0.717) is 32.0 Å². The van der Waals surface area contributed by atoms with Crippen LogP contribution in [0.4, 0.5) is 5.69 Å². The highest BCUT2D eigenvalue weighted by Crippen LogP contribution is 2.54. The van der Waals surface area contributed by atoms with Crippen LogP contribution in [0.3, 0.4) is 0 Å². The molecule has 2 aromatic carbocycles. The molecular formula is C24H25N3O4. The molecule has 7 nitrogen and oxygen atoms in total. The third-order valence-corrected chi connectivity index (χ3v) is 6.30. The average molecular weight is 419 g/mol. The number of anilines is 1. The summed E-state index contributed by atoms with van der Waals surface area (Å²) in [5.74, 6) is -0.260. The number of nitrogens with zero attached hydrogens (tertiary/aromatic N) is 1. The topological polar surface area (TPSA) is 97.8 Å². The molecular weight excluding hydrogens is 394 g/mol. The van der Waals surface area contributed by atoms with Crippen molar-refractivity contribution in [2.45, 2.75) is 18.3 Å². The molecule has 5 rings (SSSR count). The van der Waals surface area contributed by atoms with E-state index in [-0.39, 0.29) is 22.8 Å². The lowest BCUT2D eigenvalue weighted by Crippen LogP contribution is -2.40. The molecule has 2 fully saturated rings. The SMILES string of the molecule is C=C(Nc1ccc2[nH]c(C(=O)N3CCOCC3)cc2c1)C1(c2ccc(O)c(O)c2)CC1. The molecule has 4 N–H and O–H groups in total. The van der Waals surface area contributed by atoms with E-state index in [2.05, 4.69) is 16.9 Å². The maximum Gasteiger partial charge on any atom is 0.270 e. The van der Waals surface area contributed by atoms with E-state index in [9.17, 15) is 15.0 Å². The largest absolute Gasteiger partial charge is 0.504 e. The van der Waals surface area contributed by atoms with Gasteiger partial charge in [0.1, 0.15) is 5.69 Å². The summed E-state index contributed by atoms with van der Waals surface area (Å²) in [7, 11) is 0. The van der Waals surface area contributed by atoms with Crippen LogP contribution in [-0.2, 0) is 10.2 Å². The van der Waals surface area contributed by atoms with E-state index in [1.165, 1.54) is 6.07 Å². The van der Waals surface area contributed by atoms with Gasteiger partial charge in [-0.3, -0.25) is 4.79 Å². The maximum atomic E-state index is 12.8. The number of rotatable bonds is 5. The van der Waals surface area contributed by atoms with Crippen LogP contribution < -0.4 is 5.32 Å². The van der Waals surface area contributed by atoms with Gasteiger partial charge in [-0.25, -0.2) is 0 Å². The Morgan fingerprint density at radius 1 is 1.06 bits per heavy atom. The summed E-state index contributed by atoms with van der Waals surface area (Å²) in [5.41, 5.74) is 3.88. The van der Waals surface area contributed by atoms with Crippen LogP contribution in [0.25, 0.3) is 10.9 Å². The highest BCUT2D eigenvalue weighted by molar-refractivity contribution is 5.98. The Labute approximate surface area is 180 Å². The second kappa shape index (κ2) is 7.35. The van der Waals surface area contributed by atoms with Crippen molar-refractivity contribution in [2.24, 2.45) is 0 Å². The number of aromatic hydroxyl groups is 2. The van der Waals surface area contributed by atoms with Crippen LogP contribution in [-0.4, -0.2) is 52.3 Å². The molecule has 31 heavy (non-hydrogen) atoms. The minimum absolute atomic E-state index is 0.0116. The number of aromatic amines is 1. The number of hydrogen-bond donors (Lipinski definition) is 4. The molecule has 1 saturated heterocycles. The number of carbonyl (C=O) groups excluding carboxylic acids is 1. The first-order chi connectivity index (χ1) is 15.0. The average Bonchev–Trinajstić information content (AvgIpc) is 3.49. The van der Waals surface area contributed by atoms with Crippen LogP contribution >= 0.6 is 0 Å². The first kappa shape index (κ1) is 19.5. The van der Waals surface area contributed by atoms with Gasteiger partial charge in [0.05, 0.1) is 13.2 Å². The molecule has 160 valence electrons. The Morgan fingerprint density at radius 2 is 1.84 bits per heavy atom. The third-order valence-electron chi connectivity index (χ3n) is 6.30. The standard InChI is InChI=1S/C24H25N3O4/c1-15(24(6-7-24)17-2-5-21(28)22(29)14-17)25-18-3-4-19-16(12-18)13-20(26-19)23(30)27-8-10-31-11-9-27/h2-5,12-14,25-26,28-29H,1,6-11H2. The van der Waals surface area contributed by atoms with E-state index in [0.717, 1.165) is 40.7 Å². The van der Waals surface area contributed by atoms with E-state index in [1.54, 1.807) is 11.0 Å². The lowest BCUT2D eigenvalue weighted by atomic mass is 9.92. The Hall–Kier alpha value is -3.45. The van der Waals surface area contributed by atoms with Crippen LogP contribution in [0, 0.1) is 0 Å². The van der Waals surface area contributed by atoms with Gasteiger partial charge < -0.3 is 30.2 Å². The molecule has 1 amide bonds. The van der Waals surface area contributed by atoms with E-state index in [1.807, 2.05) is 30.3 Å². The molecule has 7 heteroatoms. The molecule has 1 saturated carbocycles. The van der Waals surface area contributed by atoms with Gasteiger partial charge in [-0.1, -0.05) is 12.6 Å². The third kappa shape index (κ3) is 3.51. The van der Waals surface area contributed by atoms with Crippen molar-refractivity contribution in [2.75, 3.05) is 31.6 Å². The number of phenolic OH excluding ortho intramolecular Hbond substituents is 2. The lowest BCUT2D eigenvalue weighted by molar-refractivity contribution is 0.0299. The Kier molecular flexibility index (Phi) is 4.63. The molecule has 0 radical (unpaired) electrons. The molecule has 2 aliphatic rings. The van der Waals surface area contributed by atoms with Gasteiger partial charge in [0.2, 0.25) is 0 Å². The van der Waals surface area contributed by atoms with Gasteiger partial charge in [-0.15, -0.1) is 0 Å². The van der Waals surface area contributed by atoms with Crippen LogP contribution in [0.1, 0.15) is 28.9 Å². The molecule has 0 bridgehead atoms. The summed E-state index contributed by atoms with van der Waals surface area (Å²) >= 11 is 0. The maximum absolute atomic E-state index is 12.8. The number of benzene rings is 2. The second-order valence-electron chi connectivity index (χ2n) is 8.28. The zero-order valence-electron chi connectivity index (χ0n) is 17.1. The normalized spacial score (nSPS) is 17.5. The molecule has 0 spiro atoms. The highest BCUT2D eigenvalue weighted by atomic mass is 16.5. The Balaban J connectivity index is 1.35. The molecule has 1 aliphatic heterocycles. The van der Waals surface area contributed by atoms with E-state index >= 15 is 0 Å². The van der Waals surface area contributed by atoms with Crippen molar-refractivity contribution < 1.29 is 19.7 Å². The number of amides is 1. The second-order valence-corrected chi connectivity index (χ2v) is 8.28. The molecule has 0 unspecified atom stereocenters. The number of allylic oxidation sites excluding steroid dienone is 1.